The fourth-order valence-electron chi connectivity index (χ4n) is 2.19. The van der Waals surface area contributed by atoms with Gasteiger partial charge < -0.3 is 20.1 Å². The Morgan fingerprint density at radius 1 is 1.39 bits per heavy atom. The van der Waals surface area contributed by atoms with Crippen LogP contribution < -0.4 is 5.32 Å². The maximum atomic E-state index is 11.8. The SMILES string of the molecule is CC(C)(C)OC(=O)N[C@H](Cc1c[nH]c2ccc(Br)cc12)C(=O)O. The van der Waals surface area contributed by atoms with Gasteiger partial charge in [-0.05, 0) is 44.5 Å². The van der Waals surface area contributed by atoms with Crippen LogP contribution in [0.15, 0.2) is 28.9 Å². The molecule has 0 aliphatic heterocycles. The van der Waals surface area contributed by atoms with E-state index >= 15 is 0 Å². The predicted molar refractivity (Wildman–Crippen MR) is 90.5 cm³/mol. The van der Waals surface area contributed by atoms with Crippen molar-refractivity contribution in [2.45, 2.75) is 38.8 Å². The Morgan fingerprint density at radius 2 is 2.09 bits per heavy atom. The molecule has 23 heavy (non-hydrogen) atoms. The number of nitrogens with one attached hydrogen (secondary N) is 2. The first-order chi connectivity index (χ1) is 10.7. The van der Waals surface area contributed by atoms with Crippen LogP contribution in [0.5, 0.6) is 0 Å². The smallest absolute Gasteiger partial charge is 0.408 e. The van der Waals surface area contributed by atoms with E-state index in [0.717, 1.165) is 20.9 Å². The summed E-state index contributed by atoms with van der Waals surface area (Å²) in [5, 5.41) is 12.7. The highest BCUT2D eigenvalue weighted by Crippen LogP contribution is 2.23. The van der Waals surface area contributed by atoms with Gasteiger partial charge in [0.2, 0.25) is 0 Å². The summed E-state index contributed by atoms with van der Waals surface area (Å²) in [6.45, 7) is 5.17. The molecule has 7 heteroatoms. The Bertz CT molecular complexity index is 733. The lowest BCUT2D eigenvalue weighted by molar-refractivity contribution is -0.139. The van der Waals surface area contributed by atoms with Crippen LogP contribution in [0.4, 0.5) is 4.79 Å². The highest BCUT2D eigenvalue weighted by Gasteiger charge is 2.25. The van der Waals surface area contributed by atoms with Crippen molar-refractivity contribution in [2.75, 3.05) is 0 Å². The zero-order valence-corrected chi connectivity index (χ0v) is 14.7. The number of aromatic nitrogens is 1. The molecule has 0 saturated carbocycles. The van der Waals surface area contributed by atoms with Gasteiger partial charge in [-0.1, -0.05) is 15.9 Å². The zero-order valence-electron chi connectivity index (χ0n) is 13.1. The number of hydrogen-bond donors (Lipinski definition) is 3. The molecule has 0 bridgehead atoms. The number of carbonyl (C=O) groups excluding carboxylic acids is 1. The van der Waals surface area contributed by atoms with Gasteiger partial charge in [0, 0.05) is 28.0 Å². The van der Waals surface area contributed by atoms with Gasteiger partial charge in [0.1, 0.15) is 11.6 Å². The van der Waals surface area contributed by atoms with Crippen LogP contribution in [0.25, 0.3) is 10.9 Å². The van der Waals surface area contributed by atoms with Crippen molar-refractivity contribution in [1.82, 2.24) is 10.3 Å². The molecule has 0 fully saturated rings. The van der Waals surface area contributed by atoms with Crippen molar-refractivity contribution in [2.24, 2.45) is 0 Å². The van der Waals surface area contributed by atoms with Gasteiger partial charge in [0.05, 0.1) is 0 Å². The van der Waals surface area contributed by atoms with Crippen molar-refractivity contribution >= 4 is 38.9 Å². The number of hydrogen-bond acceptors (Lipinski definition) is 3. The minimum Gasteiger partial charge on any atom is -0.480 e. The van der Waals surface area contributed by atoms with E-state index < -0.39 is 23.7 Å². The maximum Gasteiger partial charge on any atom is 0.408 e. The first-order valence-corrected chi connectivity index (χ1v) is 7.93. The number of H-pyrrole nitrogens is 1. The van der Waals surface area contributed by atoms with Gasteiger partial charge in [0.25, 0.3) is 0 Å². The molecule has 1 heterocycles. The largest absolute Gasteiger partial charge is 0.480 e. The van der Waals surface area contributed by atoms with E-state index in [4.69, 9.17) is 4.74 Å². The molecule has 1 amide bonds. The fraction of sp³-hybridized carbons (Fsp3) is 0.375. The van der Waals surface area contributed by atoms with Gasteiger partial charge in [-0.15, -0.1) is 0 Å². The zero-order chi connectivity index (χ0) is 17.2. The molecule has 0 aliphatic carbocycles. The minimum absolute atomic E-state index is 0.158. The number of aromatic amines is 1. The first kappa shape index (κ1) is 17.3. The van der Waals surface area contributed by atoms with Crippen LogP contribution in [0.2, 0.25) is 0 Å². The number of benzene rings is 1. The summed E-state index contributed by atoms with van der Waals surface area (Å²) in [6, 6.07) is 4.65. The molecule has 1 aromatic carbocycles. The lowest BCUT2D eigenvalue weighted by Crippen LogP contribution is -2.44. The number of carboxylic acids is 1. The number of rotatable bonds is 4. The van der Waals surface area contributed by atoms with Gasteiger partial charge in [-0.25, -0.2) is 9.59 Å². The minimum atomic E-state index is -1.11. The monoisotopic (exact) mass is 382 g/mol. The van der Waals surface area contributed by atoms with Gasteiger partial charge in [-0.3, -0.25) is 0 Å². The van der Waals surface area contributed by atoms with Crippen molar-refractivity contribution in [3.8, 4) is 0 Å². The van der Waals surface area contributed by atoms with Crippen molar-refractivity contribution in [3.63, 3.8) is 0 Å². The summed E-state index contributed by atoms with van der Waals surface area (Å²) >= 11 is 3.40. The van der Waals surface area contributed by atoms with Gasteiger partial charge >= 0.3 is 12.1 Å². The van der Waals surface area contributed by atoms with E-state index in [1.165, 1.54) is 0 Å². The Hall–Kier alpha value is -2.02. The molecular weight excluding hydrogens is 364 g/mol. The molecule has 1 atom stereocenters. The molecule has 124 valence electrons. The van der Waals surface area contributed by atoms with E-state index in [1.807, 2.05) is 18.2 Å². The second-order valence-electron chi connectivity index (χ2n) is 6.24. The first-order valence-electron chi connectivity index (χ1n) is 7.13. The summed E-state index contributed by atoms with van der Waals surface area (Å²) in [5.41, 5.74) is 1.04. The van der Waals surface area contributed by atoms with Crippen molar-refractivity contribution in [1.29, 1.82) is 0 Å². The van der Waals surface area contributed by atoms with E-state index in [9.17, 15) is 14.7 Å². The molecule has 0 saturated heterocycles. The molecule has 0 unspecified atom stereocenters. The number of ether oxygens (including phenoxy) is 1. The average molecular weight is 383 g/mol. The molecule has 1 aromatic heterocycles. The molecule has 3 N–H and O–H groups in total. The number of alkyl carbamates (subject to hydrolysis) is 1. The van der Waals surface area contributed by atoms with E-state index in [1.54, 1.807) is 27.0 Å². The van der Waals surface area contributed by atoms with E-state index in [2.05, 4.69) is 26.2 Å². The van der Waals surface area contributed by atoms with Gasteiger partial charge in [0.15, 0.2) is 0 Å². The topological polar surface area (TPSA) is 91.4 Å². The second-order valence-corrected chi connectivity index (χ2v) is 7.16. The molecule has 6 nitrogen and oxygen atoms in total. The van der Waals surface area contributed by atoms with Crippen molar-refractivity contribution < 1.29 is 19.4 Å². The van der Waals surface area contributed by atoms with Crippen LogP contribution >= 0.6 is 15.9 Å². The Balaban J connectivity index is 2.17. The third-order valence-corrected chi connectivity index (χ3v) is 3.64. The quantitative estimate of drug-likeness (QED) is 0.754. The van der Waals surface area contributed by atoms with Gasteiger partial charge in [-0.2, -0.15) is 0 Å². The van der Waals surface area contributed by atoms with E-state index in [0.29, 0.717) is 0 Å². The molecule has 0 spiro atoms. The van der Waals surface area contributed by atoms with Crippen LogP contribution in [-0.4, -0.2) is 33.8 Å². The average Bonchev–Trinajstić information content (AvgIpc) is 2.78. The Kier molecular flexibility index (Phi) is 4.99. The predicted octanol–water partition coefficient (Wildman–Crippen LogP) is 3.45. The molecule has 0 aliphatic rings. The fourth-order valence-corrected chi connectivity index (χ4v) is 2.55. The molecule has 2 rings (SSSR count). The molecule has 0 radical (unpaired) electrons. The second kappa shape index (κ2) is 6.62. The summed E-state index contributed by atoms with van der Waals surface area (Å²) < 4.78 is 6.02. The molecule has 2 aromatic rings. The highest BCUT2D eigenvalue weighted by molar-refractivity contribution is 9.10. The van der Waals surface area contributed by atoms with Crippen LogP contribution in [0.1, 0.15) is 26.3 Å². The number of carboxylic acid groups (broad SMARTS) is 1. The number of fused-ring (bicyclic) bond motifs is 1. The molecular formula is C16H19BrN2O4. The lowest BCUT2D eigenvalue weighted by atomic mass is 10.1. The summed E-state index contributed by atoms with van der Waals surface area (Å²) in [5.74, 6) is -1.11. The van der Waals surface area contributed by atoms with Crippen LogP contribution in [0, 0.1) is 0 Å². The number of carbonyl (C=O) groups is 2. The van der Waals surface area contributed by atoms with Crippen LogP contribution in [0.3, 0.4) is 0 Å². The lowest BCUT2D eigenvalue weighted by Gasteiger charge is -2.22. The van der Waals surface area contributed by atoms with Crippen LogP contribution in [-0.2, 0) is 16.0 Å². The number of halogens is 1. The third kappa shape index (κ3) is 4.72. The normalized spacial score (nSPS) is 12.9. The number of aliphatic carboxylic acids is 1. The third-order valence-electron chi connectivity index (χ3n) is 3.14. The summed E-state index contributed by atoms with van der Waals surface area (Å²) in [4.78, 5) is 26.3. The number of amides is 1. The standard InChI is InChI=1S/C16H19BrN2O4/c1-16(2,3)23-15(22)19-13(14(20)21)6-9-8-18-12-5-4-10(17)7-11(9)12/h4-5,7-8,13,18H,6H2,1-3H3,(H,19,22)(H,20,21)/t13-/m1/s1. The van der Waals surface area contributed by atoms with E-state index in [-0.39, 0.29) is 6.42 Å². The summed E-state index contributed by atoms with van der Waals surface area (Å²) in [6.07, 6.45) is 1.17. The Morgan fingerprint density at radius 3 is 2.70 bits per heavy atom. The highest BCUT2D eigenvalue weighted by atomic mass is 79.9. The summed E-state index contributed by atoms with van der Waals surface area (Å²) in [7, 11) is 0. The Labute approximate surface area is 142 Å². The van der Waals surface area contributed by atoms with Crippen molar-refractivity contribution in [3.05, 3.63) is 34.4 Å². The maximum absolute atomic E-state index is 11.8.